The average Bonchev–Trinajstić information content (AvgIpc) is 2.35. The number of nitrogens with zero attached hydrogens (tertiary/aromatic N) is 1. The maximum Gasteiger partial charge on any atom is 0.208 e. The highest BCUT2D eigenvalue weighted by molar-refractivity contribution is 7.88. The van der Waals surface area contributed by atoms with Crippen LogP contribution in [-0.4, -0.2) is 52.0 Å². The molecule has 0 atom stereocenters. The van der Waals surface area contributed by atoms with Gasteiger partial charge in [0.15, 0.2) is 0 Å². The van der Waals surface area contributed by atoms with E-state index in [4.69, 9.17) is 0 Å². The van der Waals surface area contributed by atoms with Crippen molar-refractivity contribution in [1.29, 1.82) is 0 Å². The maximum atomic E-state index is 11.0. The summed E-state index contributed by atoms with van der Waals surface area (Å²) in [6, 6.07) is 0. The quantitative estimate of drug-likeness (QED) is 0.514. The molecule has 1 rings (SSSR count). The predicted molar refractivity (Wildman–Crippen MR) is 83.8 cm³/mol. The van der Waals surface area contributed by atoms with Gasteiger partial charge in [0.05, 0.1) is 6.26 Å². The van der Waals surface area contributed by atoms with Crippen molar-refractivity contribution in [3.63, 3.8) is 0 Å². The molecule has 20 heavy (non-hydrogen) atoms. The predicted octanol–water partition coefficient (Wildman–Crippen LogP) is 1.43. The molecule has 0 aliphatic carbocycles. The topological polar surface area (TPSA) is 66.5 Å². The van der Waals surface area contributed by atoms with E-state index in [1.165, 1.54) is 6.26 Å². The summed E-state index contributed by atoms with van der Waals surface area (Å²) in [6.45, 7) is 3.85. The van der Waals surface area contributed by atoms with Gasteiger partial charge < -0.3 is 9.69 Å². The Morgan fingerprint density at radius 2 is 1.90 bits per heavy atom. The van der Waals surface area contributed by atoms with Crippen LogP contribution in [0, 0.1) is 5.92 Å². The number of sulfonamides is 1. The monoisotopic (exact) mass is 326 g/mol. The molecule has 0 unspecified atom stereocenters. The molecule has 0 amide bonds. The minimum absolute atomic E-state index is 0. The molecule has 1 aliphatic heterocycles. The Bertz CT molecular complexity index is 355. The Labute approximate surface area is 128 Å². The third kappa shape index (κ3) is 9.69. The molecule has 0 aromatic heterocycles. The number of unbranched alkanes of at least 4 members (excludes halogenated alkanes) is 2. The number of carbonyl (C=O) groups excluding carboxylic acids is 1. The molecule has 1 N–H and O–H groups in total. The molecule has 1 aliphatic rings. The summed E-state index contributed by atoms with van der Waals surface area (Å²) in [5.41, 5.74) is 0. The molecule has 0 spiro atoms. The van der Waals surface area contributed by atoms with Gasteiger partial charge in [0.2, 0.25) is 10.0 Å². The van der Waals surface area contributed by atoms with Crippen LogP contribution in [0.2, 0.25) is 0 Å². The van der Waals surface area contributed by atoms with Gasteiger partial charge in [-0.05, 0) is 57.7 Å². The zero-order valence-corrected chi connectivity index (χ0v) is 13.8. The number of rotatable bonds is 9. The summed E-state index contributed by atoms with van der Waals surface area (Å²) in [5.74, 6) is 0.639. The minimum Gasteiger partial charge on any atom is -0.303 e. The molecule has 1 fully saturated rings. The van der Waals surface area contributed by atoms with E-state index in [0.717, 1.165) is 58.0 Å². The Morgan fingerprint density at radius 1 is 1.25 bits per heavy atom. The van der Waals surface area contributed by atoms with Crippen LogP contribution in [0.15, 0.2) is 0 Å². The van der Waals surface area contributed by atoms with Crippen LogP contribution >= 0.6 is 12.4 Å². The number of halogens is 1. The lowest BCUT2D eigenvalue weighted by molar-refractivity contribution is -0.107. The average molecular weight is 327 g/mol. The van der Waals surface area contributed by atoms with Crippen molar-refractivity contribution in [3.8, 4) is 0 Å². The summed E-state index contributed by atoms with van der Waals surface area (Å²) in [6.07, 6.45) is 8.19. The molecule has 5 nitrogen and oxygen atoms in total. The molecule has 7 heteroatoms. The zero-order valence-electron chi connectivity index (χ0n) is 12.2. The highest BCUT2D eigenvalue weighted by Crippen LogP contribution is 2.20. The molecular weight excluding hydrogens is 300 g/mol. The third-order valence-electron chi connectivity index (χ3n) is 3.67. The molecule has 1 heterocycles. The molecule has 1 saturated heterocycles. The molecule has 0 bridgehead atoms. The fourth-order valence-electron chi connectivity index (χ4n) is 2.51. The van der Waals surface area contributed by atoms with Gasteiger partial charge >= 0.3 is 0 Å². The van der Waals surface area contributed by atoms with E-state index in [1.54, 1.807) is 0 Å². The van der Waals surface area contributed by atoms with Crippen LogP contribution in [0.25, 0.3) is 0 Å². The Kier molecular flexibility index (Phi) is 10.5. The lowest BCUT2D eigenvalue weighted by Gasteiger charge is -2.31. The maximum absolute atomic E-state index is 11.0. The second kappa shape index (κ2) is 10.5. The largest absolute Gasteiger partial charge is 0.303 e. The van der Waals surface area contributed by atoms with Crippen molar-refractivity contribution < 1.29 is 13.2 Å². The summed E-state index contributed by atoms with van der Waals surface area (Å²) in [7, 11) is -3.04. The van der Waals surface area contributed by atoms with Crippen LogP contribution in [0.4, 0.5) is 0 Å². The van der Waals surface area contributed by atoms with Crippen LogP contribution in [0.5, 0.6) is 0 Å². The van der Waals surface area contributed by atoms with Gasteiger partial charge in [-0.15, -0.1) is 12.4 Å². The SMILES string of the molecule is CS(=O)(=O)NCCC1CCN(CCCCC=O)CC1.Cl. The summed E-state index contributed by atoms with van der Waals surface area (Å²) >= 11 is 0. The second-order valence-corrected chi connectivity index (χ2v) is 7.24. The van der Waals surface area contributed by atoms with Gasteiger partial charge in [0, 0.05) is 13.0 Å². The first kappa shape index (κ1) is 19.8. The van der Waals surface area contributed by atoms with Gasteiger partial charge in [-0.2, -0.15) is 0 Å². The van der Waals surface area contributed by atoms with Crippen LogP contribution < -0.4 is 4.72 Å². The van der Waals surface area contributed by atoms with Crippen molar-refractivity contribution in [2.45, 2.75) is 38.5 Å². The highest BCUT2D eigenvalue weighted by atomic mass is 35.5. The number of likely N-dealkylation sites (tertiary alicyclic amines) is 1. The lowest BCUT2D eigenvalue weighted by atomic mass is 9.93. The first-order valence-corrected chi connectivity index (χ1v) is 9.01. The number of nitrogens with one attached hydrogen (secondary N) is 1. The van der Waals surface area contributed by atoms with E-state index in [0.29, 0.717) is 18.9 Å². The van der Waals surface area contributed by atoms with Gasteiger partial charge in [-0.3, -0.25) is 0 Å². The number of piperidine rings is 1. The molecule has 0 aromatic carbocycles. The minimum atomic E-state index is -3.04. The van der Waals surface area contributed by atoms with Crippen molar-refractivity contribution in [3.05, 3.63) is 0 Å². The van der Waals surface area contributed by atoms with E-state index in [2.05, 4.69) is 9.62 Å². The van der Waals surface area contributed by atoms with Crippen molar-refractivity contribution >= 4 is 28.7 Å². The second-order valence-electron chi connectivity index (χ2n) is 5.40. The van der Waals surface area contributed by atoms with Crippen molar-refractivity contribution in [2.24, 2.45) is 5.92 Å². The number of carbonyl (C=O) groups is 1. The first-order valence-electron chi connectivity index (χ1n) is 7.12. The summed E-state index contributed by atoms with van der Waals surface area (Å²) in [5, 5.41) is 0. The summed E-state index contributed by atoms with van der Waals surface area (Å²) < 4.78 is 24.5. The third-order valence-corrected chi connectivity index (χ3v) is 4.40. The first-order chi connectivity index (χ1) is 9.01. The number of hydrogen-bond donors (Lipinski definition) is 1. The summed E-state index contributed by atoms with van der Waals surface area (Å²) in [4.78, 5) is 12.7. The Hall–Kier alpha value is -0.170. The van der Waals surface area contributed by atoms with E-state index in [1.807, 2.05) is 0 Å². The van der Waals surface area contributed by atoms with E-state index in [9.17, 15) is 13.2 Å². The highest BCUT2D eigenvalue weighted by Gasteiger charge is 2.18. The molecular formula is C13H27ClN2O3S. The van der Waals surface area contributed by atoms with E-state index in [-0.39, 0.29) is 12.4 Å². The van der Waals surface area contributed by atoms with E-state index < -0.39 is 10.0 Å². The fraction of sp³-hybridized carbons (Fsp3) is 0.923. The van der Waals surface area contributed by atoms with Gasteiger partial charge in [-0.25, -0.2) is 13.1 Å². The zero-order chi connectivity index (χ0) is 14.1. The Morgan fingerprint density at radius 3 is 2.45 bits per heavy atom. The smallest absolute Gasteiger partial charge is 0.208 e. The standard InChI is InChI=1S/C13H26N2O3S.ClH/c1-19(17,18)14-8-5-13-6-10-15(11-7-13)9-3-2-4-12-16;/h12-14H,2-11H2,1H3;1H. The van der Waals surface area contributed by atoms with Crippen LogP contribution in [0.3, 0.4) is 0 Å². The van der Waals surface area contributed by atoms with Gasteiger partial charge in [0.25, 0.3) is 0 Å². The molecule has 0 saturated carbocycles. The fourth-order valence-corrected chi connectivity index (χ4v) is 3.00. The van der Waals surface area contributed by atoms with Crippen LogP contribution in [0.1, 0.15) is 38.5 Å². The molecule has 0 radical (unpaired) electrons. The number of aldehydes is 1. The normalized spacial score (nSPS) is 17.6. The van der Waals surface area contributed by atoms with Crippen molar-refractivity contribution in [1.82, 2.24) is 9.62 Å². The molecule has 120 valence electrons. The van der Waals surface area contributed by atoms with Gasteiger partial charge in [0.1, 0.15) is 6.29 Å². The van der Waals surface area contributed by atoms with Crippen molar-refractivity contribution in [2.75, 3.05) is 32.4 Å². The number of hydrogen-bond acceptors (Lipinski definition) is 4. The Balaban J connectivity index is 0.00000361. The lowest BCUT2D eigenvalue weighted by Crippen LogP contribution is -2.35. The van der Waals surface area contributed by atoms with Crippen LogP contribution in [-0.2, 0) is 14.8 Å². The molecule has 0 aromatic rings. The van der Waals surface area contributed by atoms with Gasteiger partial charge in [-0.1, -0.05) is 0 Å². The van der Waals surface area contributed by atoms with E-state index >= 15 is 0 Å².